The first kappa shape index (κ1) is 38.0. The molecule has 0 bridgehead atoms. The summed E-state index contributed by atoms with van der Waals surface area (Å²) in [6, 6.07) is 19.7. The van der Waals surface area contributed by atoms with E-state index in [4.69, 9.17) is 17.2 Å². The Labute approximate surface area is 313 Å². The number of nitrogens with zero attached hydrogens (tertiary/aromatic N) is 4. The zero-order chi connectivity index (χ0) is 32.7. The summed E-state index contributed by atoms with van der Waals surface area (Å²) in [4.78, 5) is -1.15. The molecule has 0 spiro atoms. The van der Waals surface area contributed by atoms with E-state index in [1.54, 1.807) is 55.5 Å². The van der Waals surface area contributed by atoms with Crippen molar-refractivity contribution in [2.24, 2.45) is 20.5 Å². The molecule has 47 heavy (non-hydrogen) atoms. The molecule has 0 aliphatic heterocycles. The van der Waals surface area contributed by atoms with Crippen molar-refractivity contribution < 1.29 is 90.2 Å². The van der Waals surface area contributed by atoms with Crippen LogP contribution in [0.15, 0.2) is 109 Å². The topological polar surface area (TPSA) is 262 Å². The maximum absolute atomic E-state index is 12.6. The van der Waals surface area contributed by atoms with E-state index in [0.29, 0.717) is 16.9 Å². The van der Waals surface area contributed by atoms with E-state index in [1.807, 2.05) is 0 Å². The Hall–Kier alpha value is -3.42. The van der Waals surface area contributed by atoms with E-state index in [1.165, 1.54) is 12.1 Å². The van der Waals surface area contributed by atoms with Gasteiger partial charge in [-0.1, -0.05) is 42.1 Å². The molecule has 0 saturated heterocycles. The van der Waals surface area contributed by atoms with Crippen LogP contribution >= 0.6 is 0 Å². The fourth-order valence-corrected chi connectivity index (χ4v) is 5.65. The van der Waals surface area contributed by atoms with Crippen LogP contribution in [0.3, 0.4) is 0 Å². The van der Waals surface area contributed by atoms with Gasteiger partial charge in [0.1, 0.15) is 26.4 Å². The van der Waals surface area contributed by atoms with Gasteiger partial charge in [0.2, 0.25) is 0 Å². The third-order valence-corrected chi connectivity index (χ3v) is 8.48. The van der Waals surface area contributed by atoms with Gasteiger partial charge in [0.15, 0.2) is 0 Å². The van der Waals surface area contributed by atoms with E-state index < -0.39 is 35.8 Å². The molecule has 5 aromatic rings. The average Bonchev–Trinajstić information content (AvgIpc) is 2.98. The van der Waals surface area contributed by atoms with E-state index in [2.05, 4.69) is 20.5 Å². The number of anilines is 3. The van der Waals surface area contributed by atoms with Crippen molar-refractivity contribution in [3.05, 3.63) is 84.4 Å². The van der Waals surface area contributed by atoms with Gasteiger partial charge in [-0.05, 0) is 71.5 Å². The molecule has 18 heteroatoms. The van der Waals surface area contributed by atoms with Crippen LogP contribution in [0, 0.1) is 6.92 Å². The minimum atomic E-state index is -4.83. The minimum Gasteiger partial charge on any atom is -0.872 e. The zero-order valence-corrected chi connectivity index (χ0v) is 30.9. The van der Waals surface area contributed by atoms with Gasteiger partial charge in [-0.25, -0.2) is 8.42 Å². The van der Waals surface area contributed by atoms with E-state index in [-0.39, 0.29) is 98.3 Å². The molecular formula is C29H23N7Na2O7S2. The molecule has 0 radical (unpaired) electrons. The van der Waals surface area contributed by atoms with Crippen LogP contribution in [0.2, 0.25) is 0 Å². The van der Waals surface area contributed by atoms with Crippen molar-refractivity contribution in [2.75, 3.05) is 17.2 Å². The van der Waals surface area contributed by atoms with E-state index in [9.17, 15) is 31.0 Å². The Kier molecular flexibility index (Phi) is 12.0. The number of fused-ring (bicyclic) bond motifs is 1. The van der Waals surface area contributed by atoms with Gasteiger partial charge in [-0.3, -0.25) is 4.55 Å². The van der Waals surface area contributed by atoms with Crippen LogP contribution in [-0.2, 0) is 20.2 Å². The molecule has 0 aliphatic carbocycles. The Morgan fingerprint density at radius 2 is 1.19 bits per heavy atom. The van der Waals surface area contributed by atoms with Gasteiger partial charge in [-0.15, -0.1) is 10.2 Å². The fraction of sp³-hybridized carbons (Fsp3) is 0.0345. The van der Waals surface area contributed by atoms with Gasteiger partial charge in [0, 0.05) is 5.39 Å². The molecule has 5 aromatic carbocycles. The first-order valence-corrected chi connectivity index (χ1v) is 15.7. The summed E-state index contributed by atoms with van der Waals surface area (Å²) in [6.45, 7) is 1.55. The summed E-state index contributed by atoms with van der Waals surface area (Å²) in [6.07, 6.45) is 0. The number of hydrogen-bond donors (Lipinski definition) is 4. The number of azo groups is 2. The molecule has 0 aliphatic rings. The van der Waals surface area contributed by atoms with Crippen molar-refractivity contribution in [1.29, 1.82) is 0 Å². The molecule has 0 unspecified atom stereocenters. The average molecular weight is 692 g/mol. The van der Waals surface area contributed by atoms with Crippen LogP contribution < -0.4 is 81.4 Å². The fourth-order valence-electron chi connectivity index (χ4n) is 4.43. The van der Waals surface area contributed by atoms with E-state index in [0.717, 1.165) is 29.3 Å². The maximum Gasteiger partial charge on any atom is 1.00 e. The third-order valence-electron chi connectivity index (χ3n) is 6.77. The summed E-state index contributed by atoms with van der Waals surface area (Å²) >= 11 is 0. The van der Waals surface area contributed by atoms with Gasteiger partial charge in [0.05, 0.1) is 33.3 Å². The second-order valence-electron chi connectivity index (χ2n) is 9.81. The number of hydrogen-bond acceptors (Lipinski definition) is 13. The van der Waals surface area contributed by atoms with Crippen LogP contribution in [0.25, 0.3) is 21.9 Å². The summed E-state index contributed by atoms with van der Waals surface area (Å²) in [5.41, 5.74) is 20.7. The smallest absolute Gasteiger partial charge is 0.872 e. The maximum atomic E-state index is 12.6. The van der Waals surface area contributed by atoms with Crippen molar-refractivity contribution in [1.82, 2.24) is 0 Å². The molecule has 0 fully saturated rings. The Balaban J connectivity index is 0.00000300. The monoisotopic (exact) mass is 691 g/mol. The third kappa shape index (κ3) is 8.36. The number of rotatable bonds is 7. The SMILES string of the molecule is Cc1cc(S(=O)(=O)O)c(N)c(N=Nc2ccc(-c3ccc(N=Nc4c(N)ccc5cc(S(=O)(=O)[O-])cc([O-])c45)cc3)cc2)c1N.[Na+].[Na+]. The van der Waals surface area contributed by atoms with Crippen LogP contribution in [0.5, 0.6) is 5.75 Å². The van der Waals surface area contributed by atoms with Crippen molar-refractivity contribution in [3.63, 3.8) is 0 Å². The predicted octanol–water partition coefficient (Wildman–Crippen LogP) is -0.375. The normalized spacial score (nSPS) is 11.9. The predicted molar refractivity (Wildman–Crippen MR) is 166 cm³/mol. The van der Waals surface area contributed by atoms with Crippen molar-refractivity contribution in [3.8, 4) is 16.9 Å². The standard InChI is InChI=1S/C29H25N7O7S2.2Na/c1-15-12-24(45(41,42)43)27(32)29(26(15)31)36-34-20-9-4-17(5-10-20)16-2-7-19(8-3-16)33-35-28-22(30)11-6-18-13-21(44(38,39)40)14-23(37)25(18)28;;/h2-14,37H,30-32H2,1H3,(H,38,39,40)(H,41,42,43);;/q;2*+1/p-2. The van der Waals surface area contributed by atoms with Crippen molar-refractivity contribution in [2.45, 2.75) is 16.7 Å². The zero-order valence-electron chi connectivity index (χ0n) is 25.2. The number of benzene rings is 5. The quantitative estimate of drug-likeness (QED) is 0.0744. The number of nitrogen functional groups attached to an aromatic ring is 3. The first-order chi connectivity index (χ1) is 21.1. The Morgan fingerprint density at radius 1 is 0.681 bits per heavy atom. The summed E-state index contributed by atoms with van der Waals surface area (Å²) in [7, 11) is -9.42. The van der Waals surface area contributed by atoms with Gasteiger partial charge < -0.3 is 26.9 Å². The van der Waals surface area contributed by atoms with Crippen LogP contribution in [0.4, 0.5) is 39.8 Å². The van der Waals surface area contributed by atoms with E-state index >= 15 is 0 Å². The van der Waals surface area contributed by atoms with Gasteiger partial charge >= 0.3 is 59.1 Å². The van der Waals surface area contributed by atoms with Gasteiger partial charge in [-0.2, -0.15) is 18.6 Å². The largest absolute Gasteiger partial charge is 1.00 e. The molecule has 230 valence electrons. The molecule has 0 heterocycles. The van der Waals surface area contributed by atoms with Crippen molar-refractivity contribution >= 4 is 70.8 Å². The minimum absolute atomic E-state index is 0. The van der Waals surface area contributed by atoms with Gasteiger partial charge in [0.25, 0.3) is 10.1 Å². The van der Waals surface area contributed by atoms with Crippen LogP contribution in [0.1, 0.15) is 5.56 Å². The molecule has 0 atom stereocenters. The Morgan fingerprint density at radius 3 is 1.68 bits per heavy atom. The molecule has 0 aromatic heterocycles. The van der Waals surface area contributed by atoms with Crippen LogP contribution in [-0.4, -0.2) is 25.9 Å². The first-order valence-electron chi connectivity index (χ1n) is 12.8. The molecule has 14 nitrogen and oxygen atoms in total. The Bertz CT molecular complexity index is 2270. The molecule has 5 rings (SSSR count). The number of nitrogens with two attached hydrogens (primary N) is 3. The summed E-state index contributed by atoms with van der Waals surface area (Å²) < 4.78 is 66.9. The second kappa shape index (κ2) is 14.8. The summed E-state index contributed by atoms with van der Waals surface area (Å²) in [5, 5.41) is 29.3. The molecular weight excluding hydrogens is 668 g/mol. The second-order valence-corrected chi connectivity index (χ2v) is 12.6. The molecule has 7 N–H and O–H groups in total. The molecule has 0 amide bonds. The summed E-state index contributed by atoms with van der Waals surface area (Å²) in [5.74, 6) is -0.727. The number of aryl methyl sites for hydroxylation is 1. The molecule has 0 saturated carbocycles.